The molecule has 4 nitrogen and oxygen atoms in total. The van der Waals surface area contributed by atoms with Crippen molar-refractivity contribution in [1.82, 2.24) is 0 Å². The zero-order valence-corrected chi connectivity index (χ0v) is 12.6. The molecule has 0 aliphatic carbocycles. The van der Waals surface area contributed by atoms with E-state index in [1.807, 2.05) is 54.6 Å². The summed E-state index contributed by atoms with van der Waals surface area (Å²) in [6.07, 6.45) is 1.35. The summed E-state index contributed by atoms with van der Waals surface area (Å²) in [6.45, 7) is 0.839. The Labute approximate surface area is 134 Å². The fourth-order valence-corrected chi connectivity index (χ4v) is 2.35. The van der Waals surface area contributed by atoms with Crippen LogP contribution in [0.5, 0.6) is 11.5 Å². The van der Waals surface area contributed by atoms with Crippen molar-refractivity contribution in [3.63, 3.8) is 0 Å². The molecule has 0 aliphatic heterocycles. The van der Waals surface area contributed by atoms with Crippen LogP contribution in [0, 0.1) is 0 Å². The molecule has 0 fully saturated rings. The molecule has 0 saturated carbocycles. The molecule has 0 heterocycles. The third-order valence-corrected chi connectivity index (χ3v) is 3.45. The van der Waals surface area contributed by atoms with Gasteiger partial charge in [-0.1, -0.05) is 47.6 Å². The first-order chi connectivity index (χ1) is 11.4. The van der Waals surface area contributed by atoms with Crippen LogP contribution in [0.2, 0.25) is 0 Å². The Morgan fingerprint density at radius 1 is 0.826 bits per heavy atom. The van der Waals surface area contributed by atoms with Crippen LogP contribution < -0.4 is 9.47 Å². The zero-order valence-electron chi connectivity index (χ0n) is 12.6. The zero-order chi connectivity index (χ0) is 15.9. The van der Waals surface area contributed by atoms with Crippen molar-refractivity contribution in [3.8, 4) is 11.5 Å². The van der Waals surface area contributed by atoms with Gasteiger partial charge in [-0.25, -0.2) is 0 Å². The van der Waals surface area contributed by atoms with Crippen molar-refractivity contribution in [3.05, 3.63) is 72.3 Å². The van der Waals surface area contributed by atoms with Crippen LogP contribution in [-0.2, 0) is 0 Å². The number of hydrogen-bond donors (Lipinski definition) is 1. The second-order valence-electron chi connectivity index (χ2n) is 4.99. The molecule has 1 N–H and O–H groups in total. The Hall–Kier alpha value is -3.01. The summed E-state index contributed by atoms with van der Waals surface area (Å²) in [4.78, 5) is 0. The number of fused-ring (bicyclic) bond motifs is 1. The average Bonchev–Trinajstić information content (AvgIpc) is 2.60. The van der Waals surface area contributed by atoms with Gasteiger partial charge in [-0.3, -0.25) is 0 Å². The quantitative estimate of drug-likeness (QED) is 0.323. The molecule has 0 unspecified atom stereocenters. The van der Waals surface area contributed by atoms with Gasteiger partial charge >= 0.3 is 0 Å². The van der Waals surface area contributed by atoms with Crippen LogP contribution in [0.3, 0.4) is 0 Å². The molecule has 23 heavy (non-hydrogen) atoms. The Balaban J connectivity index is 1.57. The summed E-state index contributed by atoms with van der Waals surface area (Å²) < 4.78 is 11.4. The Kier molecular flexibility index (Phi) is 4.74. The summed E-state index contributed by atoms with van der Waals surface area (Å²) in [5.41, 5.74) is 0.723. The molecule has 0 spiro atoms. The highest BCUT2D eigenvalue weighted by Crippen LogP contribution is 2.20. The van der Waals surface area contributed by atoms with E-state index >= 15 is 0 Å². The maximum Gasteiger partial charge on any atom is 0.128 e. The molecular formula is C19H17NO3. The fraction of sp³-hybridized carbons (Fsp3) is 0.105. The molecule has 0 bridgehead atoms. The minimum absolute atomic E-state index is 0.406. The van der Waals surface area contributed by atoms with Crippen molar-refractivity contribution >= 4 is 17.0 Å². The van der Waals surface area contributed by atoms with Gasteiger partial charge in [-0.05, 0) is 35.0 Å². The van der Waals surface area contributed by atoms with Crippen LogP contribution >= 0.6 is 0 Å². The molecule has 116 valence electrons. The van der Waals surface area contributed by atoms with Crippen LogP contribution in [0.4, 0.5) is 0 Å². The summed E-state index contributed by atoms with van der Waals surface area (Å²) in [5.74, 6) is 1.48. The van der Waals surface area contributed by atoms with Gasteiger partial charge in [-0.15, -0.1) is 0 Å². The van der Waals surface area contributed by atoms with Gasteiger partial charge in [-0.2, -0.15) is 0 Å². The number of oxime groups is 1. The Morgan fingerprint density at radius 2 is 1.57 bits per heavy atom. The van der Waals surface area contributed by atoms with E-state index in [0.29, 0.717) is 19.0 Å². The largest absolute Gasteiger partial charge is 0.490 e. The van der Waals surface area contributed by atoms with E-state index in [0.717, 1.165) is 16.7 Å². The van der Waals surface area contributed by atoms with Crippen molar-refractivity contribution in [1.29, 1.82) is 0 Å². The molecule has 0 amide bonds. The number of para-hydroxylation sites is 1. The van der Waals surface area contributed by atoms with E-state index in [1.54, 1.807) is 0 Å². The van der Waals surface area contributed by atoms with E-state index in [9.17, 15) is 0 Å². The third-order valence-electron chi connectivity index (χ3n) is 3.45. The first kappa shape index (κ1) is 14.9. The minimum Gasteiger partial charge on any atom is -0.490 e. The lowest BCUT2D eigenvalue weighted by atomic mass is 10.1. The van der Waals surface area contributed by atoms with Gasteiger partial charge in [0.2, 0.25) is 0 Å². The van der Waals surface area contributed by atoms with Gasteiger partial charge in [0, 0.05) is 5.56 Å². The monoisotopic (exact) mass is 307 g/mol. The van der Waals surface area contributed by atoms with Crippen molar-refractivity contribution in [2.24, 2.45) is 5.16 Å². The normalized spacial score (nSPS) is 11.0. The van der Waals surface area contributed by atoms with Crippen LogP contribution in [0.1, 0.15) is 5.56 Å². The molecule has 3 aromatic carbocycles. The van der Waals surface area contributed by atoms with Gasteiger partial charge < -0.3 is 14.7 Å². The second kappa shape index (κ2) is 7.31. The maximum atomic E-state index is 8.64. The lowest BCUT2D eigenvalue weighted by Gasteiger charge is -2.10. The molecule has 0 aromatic heterocycles. The first-order valence-corrected chi connectivity index (χ1v) is 7.38. The average molecular weight is 307 g/mol. The van der Waals surface area contributed by atoms with Gasteiger partial charge in [0.05, 0.1) is 6.21 Å². The molecule has 4 heteroatoms. The van der Waals surface area contributed by atoms with Crippen LogP contribution in [-0.4, -0.2) is 24.6 Å². The number of ether oxygens (including phenoxy) is 2. The van der Waals surface area contributed by atoms with Crippen molar-refractivity contribution in [2.45, 2.75) is 0 Å². The van der Waals surface area contributed by atoms with Crippen molar-refractivity contribution in [2.75, 3.05) is 13.2 Å². The van der Waals surface area contributed by atoms with E-state index in [-0.39, 0.29) is 0 Å². The highest BCUT2D eigenvalue weighted by molar-refractivity contribution is 5.84. The molecular weight excluding hydrogens is 290 g/mol. The summed E-state index contributed by atoms with van der Waals surface area (Å²) >= 11 is 0. The molecule has 0 atom stereocenters. The molecule has 0 radical (unpaired) electrons. The number of nitrogens with zero attached hydrogens (tertiary/aromatic N) is 1. The molecule has 0 saturated heterocycles. The number of rotatable bonds is 6. The van der Waals surface area contributed by atoms with Gasteiger partial charge in [0.1, 0.15) is 24.7 Å². The molecule has 3 aromatic rings. The lowest BCUT2D eigenvalue weighted by Crippen LogP contribution is -2.09. The van der Waals surface area contributed by atoms with Crippen LogP contribution in [0.15, 0.2) is 71.9 Å². The molecule has 0 aliphatic rings. The first-order valence-electron chi connectivity index (χ1n) is 7.38. The maximum absolute atomic E-state index is 8.64. The van der Waals surface area contributed by atoms with E-state index < -0.39 is 0 Å². The van der Waals surface area contributed by atoms with E-state index in [1.165, 1.54) is 11.6 Å². The van der Waals surface area contributed by atoms with E-state index in [2.05, 4.69) is 17.3 Å². The fourth-order valence-electron chi connectivity index (χ4n) is 2.35. The number of benzene rings is 3. The lowest BCUT2D eigenvalue weighted by molar-refractivity contribution is 0.217. The molecule has 3 rings (SSSR count). The highest BCUT2D eigenvalue weighted by Gasteiger charge is 2.01. The van der Waals surface area contributed by atoms with Crippen LogP contribution in [0.25, 0.3) is 10.8 Å². The summed E-state index contributed by atoms with van der Waals surface area (Å²) in [6, 6.07) is 21.5. The van der Waals surface area contributed by atoms with Gasteiger partial charge in [0.15, 0.2) is 0 Å². The summed E-state index contributed by atoms with van der Waals surface area (Å²) in [7, 11) is 0. The van der Waals surface area contributed by atoms with Gasteiger partial charge in [0.25, 0.3) is 0 Å². The predicted molar refractivity (Wildman–Crippen MR) is 90.8 cm³/mol. The van der Waals surface area contributed by atoms with Crippen molar-refractivity contribution < 1.29 is 14.7 Å². The topological polar surface area (TPSA) is 51.1 Å². The Bertz CT molecular complexity index is 814. The predicted octanol–water partition coefficient (Wildman–Crippen LogP) is 4.11. The SMILES string of the molecule is O/N=C/c1ccccc1OCCOc1ccc2ccccc2c1. The standard InChI is InChI=1S/C19H17NO3/c21-20-14-17-7-3-4-8-19(17)23-12-11-22-18-10-9-15-5-1-2-6-16(15)13-18/h1-10,13-14,21H,11-12H2/b20-14+. The smallest absolute Gasteiger partial charge is 0.128 e. The number of hydrogen-bond acceptors (Lipinski definition) is 4. The second-order valence-corrected chi connectivity index (χ2v) is 4.99. The summed E-state index contributed by atoms with van der Waals surface area (Å²) in [5, 5.41) is 14.0. The highest BCUT2D eigenvalue weighted by atomic mass is 16.5. The third kappa shape index (κ3) is 3.80. The minimum atomic E-state index is 0.406. The van der Waals surface area contributed by atoms with E-state index in [4.69, 9.17) is 14.7 Å². The Morgan fingerprint density at radius 3 is 2.43 bits per heavy atom.